The number of carbonyl (C=O) groups excluding carboxylic acids is 1. The van der Waals surface area contributed by atoms with Gasteiger partial charge in [-0.1, -0.05) is 29.3 Å². The summed E-state index contributed by atoms with van der Waals surface area (Å²) in [4.78, 5) is 26.8. The first-order valence-electron chi connectivity index (χ1n) is 7.29. The number of aliphatic carboxylic acids is 1. The fourth-order valence-electron chi connectivity index (χ4n) is 2.13. The smallest absolute Gasteiger partial charge is 0.325 e. The van der Waals surface area contributed by atoms with Gasteiger partial charge in [-0.3, -0.25) is 19.6 Å². The molecular formula is C15H12Cl2N6O3. The number of rotatable bonds is 6. The maximum Gasteiger partial charge on any atom is 0.325 e. The molecule has 0 spiro atoms. The molecule has 0 unspecified atom stereocenters. The molecule has 0 bridgehead atoms. The van der Waals surface area contributed by atoms with E-state index in [9.17, 15) is 9.59 Å². The monoisotopic (exact) mass is 394 g/mol. The third-order valence-corrected chi connectivity index (χ3v) is 3.89. The quantitative estimate of drug-likeness (QED) is 0.661. The third-order valence-electron chi connectivity index (χ3n) is 3.30. The summed E-state index contributed by atoms with van der Waals surface area (Å²) < 4.78 is 2.66. The van der Waals surface area contributed by atoms with Gasteiger partial charge in [0.25, 0.3) is 5.91 Å². The highest BCUT2D eigenvalue weighted by Gasteiger charge is 2.13. The van der Waals surface area contributed by atoms with E-state index in [1.165, 1.54) is 23.4 Å². The van der Waals surface area contributed by atoms with Gasteiger partial charge in [0.05, 0.1) is 18.3 Å². The number of anilines is 1. The van der Waals surface area contributed by atoms with Gasteiger partial charge in [0.15, 0.2) is 0 Å². The topological polar surface area (TPSA) is 115 Å². The van der Waals surface area contributed by atoms with Gasteiger partial charge in [-0.25, -0.2) is 9.67 Å². The number of halogens is 2. The van der Waals surface area contributed by atoms with Crippen LogP contribution in [0.1, 0.15) is 15.9 Å². The molecule has 1 aromatic carbocycles. The predicted molar refractivity (Wildman–Crippen MR) is 93.4 cm³/mol. The van der Waals surface area contributed by atoms with Crippen molar-refractivity contribution in [1.82, 2.24) is 24.5 Å². The van der Waals surface area contributed by atoms with E-state index in [0.29, 0.717) is 16.6 Å². The zero-order valence-electron chi connectivity index (χ0n) is 13.1. The predicted octanol–water partition coefficient (Wildman–Crippen LogP) is 2.17. The number of nitrogens with one attached hydrogen (secondary N) is 1. The van der Waals surface area contributed by atoms with Crippen LogP contribution in [0.2, 0.25) is 10.0 Å². The number of carboxylic acid groups (broad SMARTS) is 1. The van der Waals surface area contributed by atoms with E-state index in [0.717, 1.165) is 10.2 Å². The van der Waals surface area contributed by atoms with Gasteiger partial charge in [0.2, 0.25) is 5.95 Å². The number of carboxylic acids is 1. The highest BCUT2D eigenvalue weighted by atomic mass is 35.5. The van der Waals surface area contributed by atoms with E-state index in [1.807, 2.05) is 0 Å². The van der Waals surface area contributed by atoms with Crippen LogP contribution in [0.5, 0.6) is 0 Å². The summed E-state index contributed by atoms with van der Waals surface area (Å²) in [5.41, 5.74) is 0.997. The van der Waals surface area contributed by atoms with E-state index < -0.39 is 11.9 Å². The van der Waals surface area contributed by atoms with E-state index >= 15 is 0 Å². The normalized spacial score (nSPS) is 10.7. The van der Waals surface area contributed by atoms with Gasteiger partial charge in [0, 0.05) is 16.2 Å². The molecule has 3 rings (SSSR count). The van der Waals surface area contributed by atoms with Crippen molar-refractivity contribution < 1.29 is 14.7 Å². The van der Waals surface area contributed by atoms with Crippen LogP contribution in [0.15, 0.2) is 36.9 Å². The fourth-order valence-corrected chi connectivity index (χ4v) is 2.60. The number of nitrogens with zero attached hydrogens (tertiary/aromatic N) is 5. The lowest BCUT2D eigenvalue weighted by Gasteiger charge is -2.04. The number of hydrogen-bond acceptors (Lipinski definition) is 5. The zero-order chi connectivity index (χ0) is 18.7. The molecule has 0 radical (unpaired) electrons. The van der Waals surface area contributed by atoms with Crippen LogP contribution in [0.3, 0.4) is 0 Å². The van der Waals surface area contributed by atoms with Crippen LogP contribution in [0, 0.1) is 0 Å². The lowest BCUT2D eigenvalue weighted by atomic mass is 10.2. The number of hydrogen-bond donors (Lipinski definition) is 2. The summed E-state index contributed by atoms with van der Waals surface area (Å²) in [7, 11) is 0. The Kier molecular flexibility index (Phi) is 5.19. The van der Waals surface area contributed by atoms with Crippen LogP contribution in [0.25, 0.3) is 0 Å². The van der Waals surface area contributed by atoms with Gasteiger partial charge in [-0.2, -0.15) is 5.10 Å². The summed E-state index contributed by atoms with van der Waals surface area (Å²) in [6.07, 6.45) is 4.05. The highest BCUT2D eigenvalue weighted by molar-refractivity contribution is 6.35. The zero-order valence-corrected chi connectivity index (χ0v) is 14.6. The Morgan fingerprint density at radius 1 is 1.23 bits per heavy atom. The van der Waals surface area contributed by atoms with Crippen LogP contribution in [0.4, 0.5) is 5.95 Å². The Labute approximate surface area is 157 Å². The molecule has 0 fully saturated rings. The molecule has 3 aromatic rings. The lowest BCUT2D eigenvalue weighted by molar-refractivity contribution is -0.137. The maximum absolute atomic E-state index is 12.1. The molecule has 11 heteroatoms. The van der Waals surface area contributed by atoms with E-state index in [1.54, 1.807) is 18.2 Å². The Hall–Kier alpha value is -2.91. The van der Waals surface area contributed by atoms with E-state index in [2.05, 4.69) is 20.5 Å². The molecule has 2 heterocycles. The van der Waals surface area contributed by atoms with Gasteiger partial charge in [0.1, 0.15) is 12.9 Å². The SMILES string of the molecule is O=C(O)Cn1cc(C(=O)Nc2ncn(Cc3ccc(Cl)cc3Cl)n2)cn1. The Bertz CT molecular complexity index is 968. The average Bonchev–Trinajstić information content (AvgIpc) is 3.19. The number of aromatic nitrogens is 5. The van der Waals surface area contributed by atoms with Crippen LogP contribution in [-0.4, -0.2) is 41.5 Å². The molecule has 26 heavy (non-hydrogen) atoms. The minimum atomic E-state index is -1.05. The number of amides is 1. The van der Waals surface area contributed by atoms with Gasteiger partial charge in [-0.15, -0.1) is 5.10 Å². The second kappa shape index (κ2) is 7.54. The number of carbonyl (C=O) groups is 2. The van der Waals surface area contributed by atoms with Crippen LogP contribution < -0.4 is 5.32 Å². The first-order chi connectivity index (χ1) is 12.4. The summed E-state index contributed by atoms with van der Waals surface area (Å²) >= 11 is 12.0. The van der Waals surface area contributed by atoms with Gasteiger partial charge < -0.3 is 5.11 Å². The minimum absolute atomic E-state index is 0.103. The summed E-state index contributed by atoms with van der Waals surface area (Å²) in [5, 5.41) is 20.2. The first kappa shape index (κ1) is 17.9. The van der Waals surface area contributed by atoms with Crippen molar-refractivity contribution >= 4 is 41.0 Å². The second-order valence-corrected chi connectivity index (χ2v) is 6.12. The largest absolute Gasteiger partial charge is 0.480 e. The van der Waals surface area contributed by atoms with Crippen LogP contribution in [-0.2, 0) is 17.9 Å². The fraction of sp³-hybridized carbons (Fsp3) is 0.133. The highest BCUT2D eigenvalue weighted by Crippen LogP contribution is 2.21. The molecule has 0 saturated heterocycles. The van der Waals surface area contributed by atoms with Crippen molar-refractivity contribution in [2.75, 3.05) is 5.32 Å². The molecule has 0 atom stereocenters. The molecule has 2 N–H and O–H groups in total. The van der Waals surface area contributed by atoms with E-state index in [4.69, 9.17) is 28.3 Å². The van der Waals surface area contributed by atoms with Crippen molar-refractivity contribution in [2.45, 2.75) is 13.1 Å². The van der Waals surface area contributed by atoms with Crippen molar-refractivity contribution in [3.8, 4) is 0 Å². The van der Waals surface area contributed by atoms with Gasteiger partial charge in [-0.05, 0) is 17.7 Å². The maximum atomic E-state index is 12.1. The third kappa shape index (κ3) is 4.38. The molecule has 0 saturated carbocycles. The van der Waals surface area contributed by atoms with Gasteiger partial charge >= 0.3 is 5.97 Å². The summed E-state index contributed by atoms with van der Waals surface area (Å²) in [6.45, 7) is 0.0252. The Morgan fingerprint density at radius 2 is 2.04 bits per heavy atom. The average molecular weight is 395 g/mol. The molecule has 0 aliphatic heterocycles. The Morgan fingerprint density at radius 3 is 2.77 bits per heavy atom. The molecule has 2 aromatic heterocycles. The number of benzene rings is 1. The minimum Gasteiger partial charge on any atom is -0.480 e. The second-order valence-electron chi connectivity index (χ2n) is 5.28. The molecule has 0 aliphatic carbocycles. The summed E-state index contributed by atoms with van der Waals surface area (Å²) in [5.74, 6) is -1.45. The first-order valence-corrected chi connectivity index (χ1v) is 8.05. The molecule has 134 valence electrons. The van der Waals surface area contributed by atoms with Crippen molar-refractivity contribution in [1.29, 1.82) is 0 Å². The standard InChI is InChI=1S/C15H12Cl2N6O3/c16-11-2-1-9(12(17)3-11)5-23-8-18-15(21-23)20-14(26)10-4-19-22(6-10)7-13(24)25/h1-4,6,8H,5,7H2,(H,24,25)(H,20,21,26). The Balaban J connectivity index is 1.65. The van der Waals surface area contributed by atoms with Crippen molar-refractivity contribution in [3.05, 3.63) is 58.1 Å². The molecule has 9 nitrogen and oxygen atoms in total. The van der Waals surface area contributed by atoms with Crippen molar-refractivity contribution in [3.63, 3.8) is 0 Å². The van der Waals surface area contributed by atoms with E-state index in [-0.39, 0.29) is 18.1 Å². The lowest BCUT2D eigenvalue weighted by Crippen LogP contribution is -2.13. The molecule has 1 amide bonds. The molecular weight excluding hydrogens is 383 g/mol. The van der Waals surface area contributed by atoms with Crippen molar-refractivity contribution in [2.24, 2.45) is 0 Å². The molecule has 0 aliphatic rings. The summed E-state index contributed by atoms with van der Waals surface area (Å²) in [6, 6.07) is 5.13. The van der Waals surface area contributed by atoms with Crippen LogP contribution >= 0.6 is 23.2 Å².